The molecule has 1 amide bonds. The maximum absolute atomic E-state index is 12.6. The van der Waals surface area contributed by atoms with Gasteiger partial charge in [0.2, 0.25) is 5.91 Å². The molecule has 1 aliphatic rings. The molecule has 2 heterocycles. The maximum atomic E-state index is 12.6. The Hall–Kier alpha value is -3.27. The van der Waals surface area contributed by atoms with Gasteiger partial charge in [-0.25, -0.2) is 4.68 Å². The number of tetrazole rings is 1. The van der Waals surface area contributed by atoms with Crippen LogP contribution in [0.25, 0.3) is 5.69 Å². The minimum Gasteiger partial charge on any atom is -0.379 e. The van der Waals surface area contributed by atoms with Crippen molar-refractivity contribution in [2.75, 3.05) is 5.32 Å². The van der Waals surface area contributed by atoms with E-state index in [0.717, 1.165) is 5.56 Å². The van der Waals surface area contributed by atoms with Crippen LogP contribution in [0.2, 0.25) is 0 Å². The number of anilines is 1. The zero-order valence-corrected chi connectivity index (χ0v) is 14.2. The number of carbonyl (C=O) groups excluding carboxylic acids is 1. The van der Waals surface area contributed by atoms with Gasteiger partial charge in [-0.05, 0) is 52.7 Å². The number of rotatable bonds is 4. The van der Waals surface area contributed by atoms with Gasteiger partial charge in [0, 0.05) is 18.2 Å². The van der Waals surface area contributed by atoms with Gasteiger partial charge < -0.3 is 9.50 Å². The summed E-state index contributed by atoms with van der Waals surface area (Å²) in [5.74, 6) is 0.0628. The zero-order valence-electron chi connectivity index (χ0n) is 13.4. The molecule has 0 aliphatic carbocycles. The second kappa shape index (κ2) is 6.23. The molecule has 1 N–H and O–H groups in total. The average molecular weight is 371 g/mol. The Morgan fingerprint density at radius 2 is 2.00 bits per heavy atom. The van der Waals surface area contributed by atoms with Gasteiger partial charge in [0.25, 0.3) is 0 Å². The van der Waals surface area contributed by atoms with Gasteiger partial charge in [-0.1, -0.05) is 6.07 Å². The molecule has 132 valence electrons. The predicted octanol–water partition coefficient (Wildman–Crippen LogP) is 1.31. The molecule has 10 heteroatoms. The molecule has 4 rings (SSSR count). The third kappa shape index (κ3) is 3.14. The summed E-state index contributed by atoms with van der Waals surface area (Å²) in [5, 5.41) is 13.5. The highest BCUT2D eigenvalue weighted by atomic mass is 32.2. The highest BCUT2D eigenvalue weighted by Crippen LogP contribution is 2.27. The van der Waals surface area contributed by atoms with Crippen LogP contribution in [-0.4, -0.2) is 34.5 Å². The van der Waals surface area contributed by atoms with Crippen LogP contribution in [-0.2, 0) is 21.3 Å². The highest BCUT2D eigenvalue weighted by molar-refractivity contribution is 7.87. The number of aryl methyl sites for hydroxylation is 1. The Kier molecular flexibility index (Phi) is 3.88. The van der Waals surface area contributed by atoms with Crippen LogP contribution < -0.4 is 9.50 Å². The van der Waals surface area contributed by atoms with Crippen LogP contribution in [0.15, 0.2) is 53.7 Å². The Morgan fingerprint density at radius 1 is 1.12 bits per heavy atom. The number of carbonyl (C=O) groups is 1. The van der Waals surface area contributed by atoms with Gasteiger partial charge in [0.1, 0.15) is 17.0 Å². The monoisotopic (exact) mass is 371 g/mol. The summed E-state index contributed by atoms with van der Waals surface area (Å²) >= 11 is 0. The molecule has 0 spiro atoms. The lowest BCUT2D eigenvalue weighted by molar-refractivity contribution is -0.116. The standard InChI is InChI=1S/C16H13N5O4S/c22-16-7-4-11-8-14(5-6-15(11)18-16)26(23,24)25-13-3-1-2-12(9-13)21-10-17-19-20-21/h1-3,5-6,8-10H,4,7H2,(H,18,22). The Morgan fingerprint density at radius 3 is 2.81 bits per heavy atom. The fourth-order valence-electron chi connectivity index (χ4n) is 2.65. The number of nitrogens with one attached hydrogen (secondary N) is 1. The molecule has 3 aromatic rings. The summed E-state index contributed by atoms with van der Waals surface area (Å²) in [4.78, 5) is 11.4. The second-order valence-electron chi connectivity index (χ2n) is 5.66. The molecule has 0 radical (unpaired) electrons. The molecule has 9 nitrogen and oxygen atoms in total. The number of hydrogen-bond donors (Lipinski definition) is 1. The number of amides is 1. The van der Waals surface area contributed by atoms with Crippen molar-refractivity contribution in [2.24, 2.45) is 0 Å². The Bertz CT molecular complexity index is 1080. The van der Waals surface area contributed by atoms with Gasteiger partial charge in [-0.2, -0.15) is 8.42 Å². The van der Waals surface area contributed by atoms with Crippen LogP contribution in [0.3, 0.4) is 0 Å². The van der Waals surface area contributed by atoms with Crippen molar-refractivity contribution in [1.29, 1.82) is 0 Å². The van der Waals surface area contributed by atoms with Gasteiger partial charge in [0.05, 0.1) is 5.69 Å². The lowest BCUT2D eigenvalue weighted by Gasteiger charge is -2.17. The number of benzene rings is 2. The normalized spacial score (nSPS) is 13.8. The lowest BCUT2D eigenvalue weighted by Crippen LogP contribution is -2.19. The summed E-state index contributed by atoms with van der Waals surface area (Å²) in [6.07, 6.45) is 2.20. The fraction of sp³-hybridized carbons (Fsp3) is 0.125. The molecule has 0 bridgehead atoms. The fourth-order valence-corrected chi connectivity index (χ4v) is 3.62. The molecule has 0 atom stereocenters. The van der Waals surface area contributed by atoms with Crippen molar-refractivity contribution in [2.45, 2.75) is 17.7 Å². The summed E-state index contributed by atoms with van der Waals surface area (Å²) < 4.78 is 31.8. The van der Waals surface area contributed by atoms with Crippen molar-refractivity contribution in [3.05, 3.63) is 54.4 Å². The first-order valence-corrected chi connectivity index (χ1v) is 9.13. The molecule has 1 aliphatic heterocycles. The molecule has 0 saturated heterocycles. The first kappa shape index (κ1) is 16.2. The van der Waals surface area contributed by atoms with E-state index >= 15 is 0 Å². The van der Waals surface area contributed by atoms with Gasteiger partial charge >= 0.3 is 10.1 Å². The van der Waals surface area contributed by atoms with E-state index < -0.39 is 10.1 Å². The summed E-state index contributed by atoms with van der Waals surface area (Å²) in [5.41, 5.74) is 1.95. The number of fused-ring (bicyclic) bond motifs is 1. The maximum Gasteiger partial charge on any atom is 0.339 e. The molecule has 0 fully saturated rings. The molecule has 0 saturated carbocycles. The molecule has 2 aromatic carbocycles. The van der Waals surface area contributed by atoms with Crippen LogP contribution in [0.4, 0.5) is 5.69 Å². The Labute approximate surface area is 148 Å². The van der Waals surface area contributed by atoms with E-state index in [1.807, 2.05) is 0 Å². The van der Waals surface area contributed by atoms with E-state index in [1.54, 1.807) is 18.2 Å². The second-order valence-corrected chi connectivity index (χ2v) is 7.20. The highest BCUT2D eigenvalue weighted by Gasteiger charge is 2.21. The number of nitrogens with zero attached hydrogens (tertiary/aromatic N) is 4. The average Bonchev–Trinajstić information content (AvgIpc) is 3.16. The van der Waals surface area contributed by atoms with Crippen molar-refractivity contribution < 1.29 is 17.4 Å². The van der Waals surface area contributed by atoms with E-state index in [1.165, 1.54) is 35.3 Å². The number of hydrogen-bond acceptors (Lipinski definition) is 7. The zero-order chi connectivity index (χ0) is 18.1. The van der Waals surface area contributed by atoms with Gasteiger partial charge in [-0.3, -0.25) is 4.79 Å². The van der Waals surface area contributed by atoms with Crippen LogP contribution in [0.1, 0.15) is 12.0 Å². The number of aromatic nitrogens is 4. The topological polar surface area (TPSA) is 116 Å². The largest absolute Gasteiger partial charge is 0.379 e. The van der Waals surface area contributed by atoms with E-state index in [2.05, 4.69) is 20.8 Å². The molecular formula is C16H13N5O4S. The Balaban J connectivity index is 1.62. The minimum atomic E-state index is -4.02. The quantitative estimate of drug-likeness (QED) is 0.687. The van der Waals surface area contributed by atoms with Gasteiger partial charge in [0.15, 0.2) is 0 Å². The molecule has 1 aromatic heterocycles. The van der Waals surface area contributed by atoms with E-state index in [4.69, 9.17) is 4.18 Å². The molecule has 26 heavy (non-hydrogen) atoms. The van der Waals surface area contributed by atoms with Crippen molar-refractivity contribution >= 4 is 21.7 Å². The van der Waals surface area contributed by atoms with Crippen LogP contribution in [0.5, 0.6) is 5.75 Å². The molecular weight excluding hydrogens is 358 g/mol. The third-order valence-electron chi connectivity index (χ3n) is 3.90. The van der Waals surface area contributed by atoms with Crippen molar-refractivity contribution in [1.82, 2.24) is 20.2 Å². The minimum absolute atomic E-state index is 0.0280. The first-order chi connectivity index (χ1) is 12.5. The predicted molar refractivity (Wildman–Crippen MR) is 90.4 cm³/mol. The summed E-state index contributed by atoms with van der Waals surface area (Å²) in [7, 11) is -4.02. The van der Waals surface area contributed by atoms with Gasteiger partial charge in [-0.15, -0.1) is 5.10 Å². The first-order valence-electron chi connectivity index (χ1n) is 7.72. The van der Waals surface area contributed by atoms with E-state index in [9.17, 15) is 13.2 Å². The van der Waals surface area contributed by atoms with E-state index in [0.29, 0.717) is 24.2 Å². The van der Waals surface area contributed by atoms with Crippen molar-refractivity contribution in [3.63, 3.8) is 0 Å². The summed E-state index contributed by atoms with van der Waals surface area (Å²) in [6, 6.07) is 10.9. The van der Waals surface area contributed by atoms with Crippen molar-refractivity contribution in [3.8, 4) is 11.4 Å². The van der Waals surface area contributed by atoms with Crippen LogP contribution in [0, 0.1) is 0 Å². The third-order valence-corrected chi connectivity index (χ3v) is 5.14. The lowest BCUT2D eigenvalue weighted by atomic mass is 10.0. The van der Waals surface area contributed by atoms with E-state index in [-0.39, 0.29) is 16.6 Å². The summed E-state index contributed by atoms with van der Waals surface area (Å²) in [6.45, 7) is 0. The SMILES string of the molecule is O=C1CCc2cc(S(=O)(=O)Oc3cccc(-n4cnnn4)c3)ccc2N1. The molecule has 0 unspecified atom stereocenters. The smallest absolute Gasteiger partial charge is 0.339 e. The van der Waals surface area contributed by atoms with Crippen LogP contribution >= 0.6 is 0 Å².